The van der Waals surface area contributed by atoms with Gasteiger partial charge in [-0.15, -0.1) is 0 Å². The highest BCUT2D eigenvalue weighted by Gasteiger charge is 2.60. The number of hydrogen-bond acceptors (Lipinski definition) is 8. The third kappa shape index (κ3) is 7.03. The van der Waals surface area contributed by atoms with Crippen molar-refractivity contribution in [2.75, 3.05) is 13.2 Å². The van der Waals surface area contributed by atoms with Crippen LogP contribution in [0.2, 0.25) is 0 Å². The van der Waals surface area contributed by atoms with Crippen molar-refractivity contribution in [1.29, 1.82) is 0 Å². The van der Waals surface area contributed by atoms with Crippen molar-refractivity contribution >= 4 is 35.2 Å². The van der Waals surface area contributed by atoms with Gasteiger partial charge in [0, 0.05) is 25.8 Å². The van der Waals surface area contributed by atoms with Crippen LogP contribution in [0.3, 0.4) is 0 Å². The first kappa shape index (κ1) is 31.7. The van der Waals surface area contributed by atoms with E-state index < -0.39 is 5.41 Å². The normalized spacial score (nSPS) is 29.4. The third-order valence-corrected chi connectivity index (χ3v) is 9.71. The Bertz CT molecular complexity index is 1240. The Morgan fingerprint density at radius 1 is 1.17 bits per heavy atom. The lowest BCUT2D eigenvalue weighted by molar-refractivity contribution is -0.192. The van der Waals surface area contributed by atoms with Crippen molar-refractivity contribution in [3.63, 3.8) is 0 Å². The number of hydrogen-bond donors (Lipinski definition) is 3. The van der Waals surface area contributed by atoms with Gasteiger partial charge in [0.25, 0.3) is 0 Å². The summed E-state index contributed by atoms with van der Waals surface area (Å²) in [7, 11) is 0. The van der Waals surface area contributed by atoms with E-state index in [4.69, 9.17) is 26.4 Å². The van der Waals surface area contributed by atoms with E-state index in [0.717, 1.165) is 30.4 Å². The van der Waals surface area contributed by atoms with E-state index in [1.165, 1.54) is 13.8 Å². The van der Waals surface area contributed by atoms with Gasteiger partial charge < -0.3 is 19.5 Å². The number of fused-ring (bicyclic) bond motifs is 1. The predicted octanol–water partition coefficient (Wildman–Crippen LogP) is 4.28. The first-order chi connectivity index (χ1) is 19.9. The fraction of sp³-hybridized carbons (Fsp3) is 0.562. The zero-order valence-corrected chi connectivity index (χ0v) is 25.8. The Morgan fingerprint density at radius 3 is 2.55 bits per heavy atom. The highest BCUT2D eigenvalue weighted by molar-refractivity contribution is 7.80. The number of ether oxygens (including phenoxy) is 3. The van der Waals surface area contributed by atoms with Crippen LogP contribution in [0.1, 0.15) is 65.4 Å². The summed E-state index contributed by atoms with van der Waals surface area (Å²) < 4.78 is 16.7. The van der Waals surface area contributed by atoms with Crippen LogP contribution >= 0.6 is 12.2 Å². The molecule has 1 aliphatic heterocycles. The minimum absolute atomic E-state index is 0.0330. The summed E-state index contributed by atoms with van der Waals surface area (Å²) in [6.45, 7) is 12.6. The van der Waals surface area contributed by atoms with Gasteiger partial charge in [0.1, 0.15) is 19.3 Å². The van der Waals surface area contributed by atoms with E-state index in [-0.39, 0.29) is 60.5 Å². The summed E-state index contributed by atoms with van der Waals surface area (Å²) in [5, 5.41) is 3.61. The predicted molar refractivity (Wildman–Crippen MR) is 163 cm³/mol. The molecular weight excluding hydrogens is 554 g/mol. The summed E-state index contributed by atoms with van der Waals surface area (Å²) in [5.74, 6) is -0.928. The number of allylic oxidation sites excluding steroid dienone is 1. The molecule has 228 valence electrons. The number of cyclic esters (lactones) is 1. The monoisotopic (exact) mass is 597 g/mol. The number of carbonyl (C=O) groups is 3. The lowest BCUT2D eigenvalue weighted by Gasteiger charge is -2.60. The second kappa shape index (κ2) is 13.4. The second-order valence-electron chi connectivity index (χ2n) is 12.2. The molecule has 0 saturated heterocycles. The molecule has 42 heavy (non-hydrogen) atoms. The number of rotatable bonds is 10. The molecule has 0 amide bonds. The topological polar surface area (TPSA) is 115 Å². The minimum atomic E-state index is -0.570. The maximum atomic E-state index is 12.7. The quantitative estimate of drug-likeness (QED) is 0.119. The van der Waals surface area contributed by atoms with Crippen LogP contribution in [0.15, 0.2) is 54.1 Å². The minimum Gasteiger partial charge on any atom is -0.465 e. The molecule has 3 aliphatic rings. The molecule has 3 N–H and O–H groups in total. The van der Waals surface area contributed by atoms with Crippen LogP contribution in [-0.2, 0) is 35.1 Å². The van der Waals surface area contributed by atoms with Crippen molar-refractivity contribution in [1.82, 2.24) is 16.2 Å². The van der Waals surface area contributed by atoms with Gasteiger partial charge in [-0.1, -0.05) is 56.3 Å². The summed E-state index contributed by atoms with van der Waals surface area (Å²) in [6.07, 6.45) is 5.11. The Kier molecular flexibility index (Phi) is 10.1. The van der Waals surface area contributed by atoms with Crippen LogP contribution in [-0.4, -0.2) is 48.4 Å². The Balaban J connectivity index is 1.55. The van der Waals surface area contributed by atoms with E-state index in [0.29, 0.717) is 30.1 Å². The van der Waals surface area contributed by atoms with Crippen LogP contribution in [0.4, 0.5) is 0 Å². The molecule has 0 spiro atoms. The molecule has 1 aromatic rings. The Labute approximate surface area is 253 Å². The Hall–Kier alpha value is -3.24. The summed E-state index contributed by atoms with van der Waals surface area (Å²) >= 11 is 5.52. The molecule has 0 aromatic heterocycles. The molecule has 9 nitrogen and oxygen atoms in total. The van der Waals surface area contributed by atoms with Gasteiger partial charge in [0.15, 0.2) is 5.11 Å². The standard InChI is InChI=1S/C32H43N3O6S/c1-20-11-12-27-31(4,15-13-28(41-22(3)37)32(27,5)19-40-21(2)36)25(20)17-26(24-14-16-39-29(24)38)34-35-30(42)33-18-23-9-7-6-8-10-23/h6-10,14,25-28,34H,1,11-13,15-19H2,2-5H3,(H2,33,35,42)/t25-,26+,27+,28-,31+,32+/m1/s1. The summed E-state index contributed by atoms with van der Waals surface area (Å²) in [4.78, 5) is 36.6. The van der Waals surface area contributed by atoms with Crippen molar-refractivity contribution in [3.8, 4) is 0 Å². The van der Waals surface area contributed by atoms with Gasteiger partial charge >= 0.3 is 17.9 Å². The molecule has 2 saturated carbocycles. The van der Waals surface area contributed by atoms with E-state index in [2.05, 4.69) is 36.6 Å². The molecule has 2 fully saturated rings. The van der Waals surface area contributed by atoms with Gasteiger partial charge in [-0.25, -0.2) is 10.2 Å². The van der Waals surface area contributed by atoms with Crippen LogP contribution in [0, 0.1) is 22.7 Å². The highest BCUT2D eigenvalue weighted by atomic mass is 32.1. The Morgan fingerprint density at radius 2 is 1.90 bits per heavy atom. The maximum absolute atomic E-state index is 12.7. The maximum Gasteiger partial charge on any atom is 0.335 e. The molecular formula is C32H43N3O6S. The first-order valence-electron chi connectivity index (χ1n) is 14.6. The average Bonchev–Trinajstić information content (AvgIpc) is 3.37. The number of thiocarbonyl (C=S) groups is 1. The van der Waals surface area contributed by atoms with Crippen molar-refractivity contribution in [2.24, 2.45) is 22.7 Å². The fourth-order valence-corrected chi connectivity index (χ4v) is 7.51. The SMILES string of the molecule is C=C1CC[C@@H]2[C@](C)(COC(C)=O)[C@H](OC(C)=O)CC[C@@]2(C)[C@@H]1C[C@H](NNC(=S)NCc1ccccc1)C1=CCOC1=O. The average molecular weight is 598 g/mol. The number of nitrogens with one attached hydrogen (secondary N) is 3. The first-order valence-corrected chi connectivity index (χ1v) is 15.0. The van der Waals surface area contributed by atoms with Crippen molar-refractivity contribution in [3.05, 3.63) is 59.7 Å². The summed E-state index contributed by atoms with van der Waals surface area (Å²) in [5.41, 5.74) is 8.36. The zero-order chi connectivity index (χ0) is 30.5. The lowest BCUT2D eigenvalue weighted by Crippen LogP contribution is -2.59. The summed E-state index contributed by atoms with van der Waals surface area (Å²) in [6, 6.07) is 9.56. The molecule has 1 heterocycles. The number of carbonyl (C=O) groups excluding carboxylic acids is 3. The van der Waals surface area contributed by atoms with Crippen molar-refractivity contribution < 1.29 is 28.6 Å². The van der Waals surface area contributed by atoms with Crippen molar-refractivity contribution in [2.45, 2.75) is 78.5 Å². The van der Waals surface area contributed by atoms with Gasteiger partial charge in [-0.3, -0.25) is 15.0 Å². The second-order valence-corrected chi connectivity index (χ2v) is 12.6. The van der Waals surface area contributed by atoms with E-state index in [9.17, 15) is 14.4 Å². The van der Waals surface area contributed by atoms with Crippen LogP contribution in [0.5, 0.6) is 0 Å². The van der Waals surface area contributed by atoms with Crippen LogP contribution in [0.25, 0.3) is 0 Å². The zero-order valence-electron chi connectivity index (χ0n) is 25.0. The van der Waals surface area contributed by atoms with Crippen LogP contribution < -0.4 is 16.2 Å². The molecule has 0 unspecified atom stereocenters. The third-order valence-electron chi connectivity index (χ3n) is 9.47. The molecule has 6 atom stereocenters. The molecule has 0 radical (unpaired) electrons. The fourth-order valence-electron chi connectivity index (χ4n) is 7.38. The molecule has 10 heteroatoms. The smallest absolute Gasteiger partial charge is 0.335 e. The molecule has 4 rings (SSSR count). The largest absolute Gasteiger partial charge is 0.465 e. The van der Waals surface area contributed by atoms with E-state index >= 15 is 0 Å². The van der Waals surface area contributed by atoms with Gasteiger partial charge in [0.05, 0.1) is 11.6 Å². The molecule has 2 aliphatic carbocycles. The van der Waals surface area contributed by atoms with E-state index in [1.807, 2.05) is 36.4 Å². The number of esters is 3. The van der Waals surface area contributed by atoms with Gasteiger partial charge in [0.2, 0.25) is 0 Å². The molecule has 0 bridgehead atoms. The highest BCUT2D eigenvalue weighted by Crippen LogP contribution is 2.62. The lowest BCUT2D eigenvalue weighted by atomic mass is 9.46. The van der Waals surface area contributed by atoms with Gasteiger partial charge in [-0.2, -0.15) is 0 Å². The number of hydrazine groups is 1. The molecule has 1 aromatic carbocycles. The number of benzene rings is 1. The van der Waals surface area contributed by atoms with E-state index in [1.54, 1.807) is 0 Å². The van der Waals surface area contributed by atoms with Gasteiger partial charge in [-0.05, 0) is 73.2 Å².